The lowest BCUT2D eigenvalue weighted by molar-refractivity contribution is 0.129. The lowest BCUT2D eigenvalue weighted by Crippen LogP contribution is -2.53. The summed E-state index contributed by atoms with van der Waals surface area (Å²) in [5.74, 6) is 0.854. The monoisotopic (exact) mass is 539 g/mol. The molecule has 0 N–H and O–H groups in total. The summed E-state index contributed by atoms with van der Waals surface area (Å²) in [4.78, 5) is 17.0. The molecule has 0 aromatic heterocycles. The highest BCUT2D eigenvalue weighted by Gasteiger charge is 2.42. The highest BCUT2D eigenvalue weighted by atomic mass is 35.5. The van der Waals surface area contributed by atoms with Gasteiger partial charge in [0.25, 0.3) is 0 Å². The predicted molar refractivity (Wildman–Crippen MR) is 139 cm³/mol. The molecular formula is C25H31Cl2N3O4S. The first-order valence-corrected chi connectivity index (χ1v) is 14.3. The molecule has 0 unspecified atom stereocenters. The Labute approximate surface area is 217 Å². The maximum atomic E-state index is 13.4. The summed E-state index contributed by atoms with van der Waals surface area (Å²) >= 11 is 12.5. The second-order valence-corrected chi connectivity index (χ2v) is 12.2. The van der Waals surface area contributed by atoms with Crippen LogP contribution in [0.2, 0.25) is 10.0 Å². The number of sulfonamides is 1. The molecule has 2 aromatic carbocycles. The summed E-state index contributed by atoms with van der Waals surface area (Å²) < 4.78 is 31.4. The zero-order chi connectivity index (χ0) is 25.3. The van der Waals surface area contributed by atoms with Gasteiger partial charge in [0.1, 0.15) is 11.9 Å². The van der Waals surface area contributed by atoms with Crippen LogP contribution in [-0.4, -0.2) is 80.2 Å². The van der Waals surface area contributed by atoms with Crippen LogP contribution in [0.5, 0.6) is 5.75 Å². The number of carbonyl (C=O) groups is 1. The van der Waals surface area contributed by atoms with Crippen LogP contribution >= 0.6 is 23.2 Å². The number of aryl methyl sites for hydroxylation is 1. The van der Waals surface area contributed by atoms with Crippen LogP contribution in [0.1, 0.15) is 24.0 Å². The Kier molecular flexibility index (Phi) is 7.86. The molecule has 2 aliphatic rings. The molecule has 0 bridgehead atoms. The summed E-state index contributed by atoms with van der Waals surface area (Å²) in [5, 5.41) is 0.975. The maximum absolute atomic E-state index is 13.4. The van der Waals surface area contributed by atoms with Gasteiger partial charge in [0.2, 0.25) is 10.0 Å². The van der Waals surface area contributed by atoms with Crippen LogP contribution in [0.15, 0.2) is 42.5 Å². The Morgan fingerprint density at radius 3 is 2.34 bits per heavy atom. The predicted octanol–water partition coefficient (Wildman–Crippen LogP) is 4.48. The molecule has 190 valence electrons. The summed E-state index contributed by atoms with van der Waals surface area (Å²) in [6.07, 6.45) is 1.05. The first kappa shape index (κ1) is 26.1. The summed E-state index contributed by atoms with van der Waals surface area (Å²) in [5.41, 5.74) is 2.13. The number of hydrogen-bond donors (Lipinski definition) is 0. The van der Waals surface area contributed by atoms with Gasteiger partial charge in [-0.25, -0.2) is 13.2 Å². The lowest BCUT2D eigenvalue weighted by atomic mass is 9.85. The average Bonchev–Trinajstić information content (AvgIpc) is 3.26. The Morgan fingerprint density at radius 1 is 1.00 bits per heavy atom. The van der Waals surface area contributed by atoms with E-state index >= 15 is 0 Å². The molecule has 0 saturated carbocycles. The Bertz CT molecular complexity index is 1180. The number of halogens is 2. The fraction of sp³-hybridized carbons (Fsp3) is 0.480. The number of piperazine rings is 1. The van der Waals surface area contributed by atoms with Gasteiger partial charge in [0.15, 0.2) is 0 Å². The number of ether oxygens (including phenoxy) is 1. The minimum atomic E-state index is -3.26. The molecular weight excluding hydrogens is 509 g/mol. The van der Waals surface area contributed by atoms with Crippen molar-refractivity contribution in [3.63, 3.8) is 0 Å². The molecule has 7 nitrogen and oxygen atoms in total. The third-order valence-corrected chi connectivity index (χ3v) is 8.94. The summed E-state index contributed by atoms with van der Waals surface area (Å²) in [7, 11) is -3.26. The minimum absolute atomic E-state index is 0.0193. The second kappa shape index (κ2) is 10.5. The molecule has 2 amide bonds. The SMILES string of the molecule is Cc1cccc(O[C@H](C)[C@@H]2CN(C(=O)N3CCN(S(C)(=O)=O)CC3)C[C@H]2c2ccc(Cl)c(Cl)c2)c1. The van der Waals surface area contributed by atoms with Crippen LogP contribution in [0.3, 0.4) is 0 Å². The largest absolute Gasteiger partial charge is 0.490 e. The highest BCUT2D eigenvalue weighted by molar-refractivity contribution is 7.88. The lowest BCUT2D eigenvalue weighted by Gasteiger charge is -2.35. The Balaban J connectivity index is 1.53. The van der Waals surface area contributed by atoms with E-state index in [4.69, 9.17) is 27.9 Å². The molecule has 10 heteroatoms. The van der Waals surface area contributed by atoms with E-state index in [-0.39, 0.29) is 24.0 Å². The Morgan fingerprint density at radius 2 is 1.71 bits per heavy atom. The standard InChI is InChI=1S/C25H31Cl2N3O4S/c1-17-5-4-6-20(13-17)34-18(2)21-15-29(16-22(21)19-7-8-23(26)24(27)14-19)25(31)28-9-11-30(12-10-28)35(3,32)33/h4-8,13-14,18,21-22H,9-12,15-16H2,1-3H3/t18-,21+,22+/m1/s1. The van der Waals surface area contributed by atoms with Gasteiger partial charge in [-0.2, -0.15) is 4.31 Å². The quantitative estimate of drug-likeness (QED) is 0.561. The van der Waals surface area contributed by atoms with E-state index in [2.05, 4.69) is 0 Å². The van der Waals surface area contributed by atoms with Gasteiger partial charge in [0.05, 0.1) is 16.3 Å². The molecule has 2 fully saturated rings. The van der Waals surface area contributed by atoms with E-state index in [1.54, 1.807) is 11.0 Å². The van der Waals surface area contributed by atoms with Gasteiger partial charge in [0, 0.05) is 51.1 Å². The van der Waals surface area contributed by atoms with Crippen LogP contribution in [0, 0.1) is 12.8 Å². The van der Waals surface area contributed by atoms with Crippen molar-refractivity contribution < 1.29 is 17.9 Å². The number of benzene rings is 2. The molecule has 35 heavy (non-hydrogen) atoms. The average molecular weight is 541 g/mol. The number of likely N-dealkylation sites (tertiary alicyclic amines) is 1. The molecule has 4 rings (SSSR count). The minimum Gasteiger partial charge on any atom is -0.490 e. The molecule has 2 saturated heterocycles. The third kappa shape index (κ3) is 6.05. The number of hydrogen-bond acceptors (Lipinski definition) is 4. The molecule has 2 heterocycles. The van der Waals surface area contributed by atoms with E-state index in [0.717, 1.165) is 16.9 Å². The van der Waals surface area contributed by atoms with Gasteiger partial charge < -0.3 is 14.5 Å². The molecule has 3 atom stereocenters. The van der Waals surface area contributed by atoms with E-state index in [9.17, 15) is 13.2 Å². The van der Waals surface area contributed by atoms with Crippen LogP contribution in [0.4, 0.5) is 4.79 Å². The van der Waals surface area contributed by atoms with Gasteiger partial charge in [-0.15, -0.1) is 0 Å². The topological polar surface area (TPSA) is 70.2 Å². The molecule has 0 spiro atoms. The van der Waals surface area contributed by atoms with Crippen molar-refractivity contribution in [2.45, 2.75) is 25.9 Å². The van der Waals surface area contributed by atoms with Crippen LogP contribution in [0.25, 0.3) is 0 Å². The van der Waals surface area contributed by atoms with E-state index in [1.165, 1.54) is 10.6 Å². The van der Waals surface area contributed by atoms with Crippen molar-refractivity contribution >= 4 is 39.3 Å². The summed E-state index contributed by atoms with van der Waals surface area (Å²) in [6, 6.07) is 13.5. The van der Waals surface area contributed by atoms with Gasteiger partial charge in [-0.1, -0.05) is 41.4 Å². The van der Waals surface area contributed by atoms with Crippen molar-refractivity contribution in [3.8, 4) is 5.75 Å². The van der Waals surface area contributed by atoms with Crippen molar-refractivity contribution in [2.24, 2.45) is 5.92 Å². The van der Waals surface area contributed by atoms with E-state index in [0.29, 0.717) is 49.3 Å². The fourth-order valence-corrected chi connectivity index (χ4v) is 6.09. The number of amides is 2. The molecule has 0 radical (unpaired) electrons. The zero-order valence-electron chi connectivity index (χ0n) is 20.2. The normalized spacial score (nSPS) is 22.3. The highest BCUT2D eigenvalue weighted by Crippen LogP contribution is 2.39. The molecule has 2 aliphatic heterocycles. The number of rotatable bonds is 5. The zero-order valence-corrected chi connectivity index (χ0v) is 22.5. The van der Waals surface area contributed by atoms with Crippen molar-refractivity contribution in [1.29, 1.82) is 0 Å². The van der Waals surface area contributed by atoms with E-state index < -0.39 is 10.0 Å². The van der Waals surface area contributed by atoms with Gasteiger partial charge >= 0.3 is 6.03 Å². The maximum Gasteiger partial charge on any atom is 0.320 e. The van der Waals surface area contributed by atoms with Crippen LogP contribution < -0.4 is 4.74 Å². The first-order chi connectivity index (χ1) is 16.5. The number of carbonyl (C=O) groups excluding carboxylic acids is 1. The number of nitrogens with zero attached hydrogens (tertiary/aromatic N) is 3. The van der Waals surface area contributed by atoms with Crippen LogP contribution in [-0.2, 0) is 10.0 Å². The van der Waals surface area contributed by atoms with Crippen molar-refractivity contribution in [3.05, 3.63) is 63.6 Å². The van der Waals surface area contributed by atoms with Crippen molar-refractivity contribution in [2.75, 3.05) is 45.5 Å². The second-order valence-electron chi connectivity index (χ2n) is 9.42. The smallest absolute Gasteiger partial charge is 0.320 e. The van der Waals surface area contributed by atoms with Gasteiger partial charge in [-0.3, -0.25) is 0 Å². The Hall–Kier alpha value is -2.00. The number of urea groups is 1. The third-order valence-electron chi connectivity index (χ3n) is 6.90. The van der Waals surface area contributed by atoms with Crippen molar-refractivity contribution in [1.82, 2.24) is 14.1 Å². The summed E-state index contributed by atoms with van der Waals surface area (Å²) in [6.45, 7) is 6.49. The van der Waals surface area contributed by atoms with E-state index in [1.807, 2.05) is 55.1 Å². The first-order valence-electron chi connectivity index (χ1n) is 11.7. The fourth-order valence-electron chi connectivity index (χ4n) is 4.96. The molecule has 0 aliphatic carbocycles. The van der Waals surface area contributed by atoms with Gasteiger partial charge in [-0.05, 0) is 49.2 Å². The molecule has 2 aromatic rings.